The molecular formula is C18H39N5. The molecule has 5 nitrogen and oxygen atoms in total. The second-order valence-corrected chi connectivity index (χ2v) is 6.20. The molecule has 0 aromatic carbocycles. The second-order valence-electron chi connectivity index (χ2n) is 6.20. The molecule has 0 radical (unpaired) electrons. The maximum Gasteiger partial charge on any atom is 0.243 e. The van der Waals surface area contributed by atoms with Gasteiger partial charge in [-0.25, -0.2) is 5.10 Å². The van der Waals surface area contributed by atoms with Crippen molar-refractivity contribution in [2.45, 2.75) is 85.5 Å². The average molecular weight is 326 g/mol. The van der Waals surface area contributed by atoms with Crippen LogP contribution >= 0.6 is 0 Å². The fraction of sp³-hybridized carbons (Fsp3) is 0.889. The van der Waals surface area contributed by atoms with Gasteiger partial charge in [-0.3, -0.25) is 0 Å². The van der Waals surface area contributed by atoms with E-state index in [0.29, 0.717) is 5.95 Å². The summed E-state index contributed by atoms with van der Waals surface area (Å²) in [6.07, 6.45) is 12.2. The van der Waals surface area contributed by atoms with Crippen LogP contribution in [0.2, 0.25) is 0 Å². The lowest BCUT2D eigenvalue weighted by Gasteiger charge is -2.21. The van der Waals surface area contributed by atoms with Gasteiger partial charge in [0.1, 0.15) is 0 Å². The van der Waals surface area contributed by atoms with E-state index in [4.69, 9.17) is 0 Å². The highest BCUT2D eigenvalue weighted by Crippen LogP contribution is 2.23. The van der Waals surface area contributed by atoms with Gasteiger partial charge in [-0.1, -0.05) is 72.6 Å². The highest BCUT2D eigenvalue weighted by molar-refractivity contribution is 5.32. The van der Waals surface area contributed by atoms with Crippen LogP contribution in [-0.4, -0.2) is 28.8 Å². The Labute approximate surface area is 143 Å². The summed E-state index contributed by atoms with van der Waals surface area (Å²) in [5, 5.41) is 13.0. The topological polar surface area (TPSA) is 65.6 Å². The maximum atomic E-state index is 4.22. The third kappa shape index (κ3) is 11.9. The molecule has 1 saturated carbocycles. The van der Waals surface area contributed by atoms with Gasteiger partial charge < -0.3 is 10.6 Å². The van der Waals surface area contributed by atoms with Crippen molar-refractivity contribution >= 4 is 11.9 Å². The van der Waals surface area contributed by atoms with Crippen LogP contribution in [0.15, 0.2) is 0 Å². The predicted molar refractivity (Wildman–Crippen MR) is 102 cm³/mol. The number of aromatic amines is 1. The number of rotatable bonds is 6. The lowest BCUT2D eigenvalue weighted by Crippen LogP contribution is -2.17. The second kappa shape index (κ2) is 15.6. The molecule has 1 aliphatic rings. The van der Waals surface area contributed by atoms with Crippen LogP contribution in [0.5, 0.6) is 0 Å². The quantitative estimate of drug-likeness (QED) is 0.650. The smallest absolute Gasteiger partial charge is 0.243 e. The number of H-pyrrole nitrogens is 1. The van der Waals surface area contributed by atoms with Gasteiger partial charge in [-0.05, 0) is 18.8 Å². The minimum atomic E-state index is 0.640. The number of unbranched alkanes of at least 4 members (excludes halogenated alkanes) is 2. The van der Waals surface area contributed by atoms with Crippen LogP contribution in [0, 0.1) is 5.92 Å². The number of nitrogens with one attached hydrogen (secondary N) is 3. The Morgan fingerprint density at radius 3 is 2.09 bits per heavy atom. The van der Waals surface area contributed by atoms with Crippen molar-refractivity contribution in [1.29, 1.82) is 0 Å². The fourth-order valence-electron chi connectivity index (χ4n) is 2.44. The minimum absolute atomic E-state index is 0.640. The van der Waals surface area contributed by atoms with E-state index in [0.717, 1.165) is 18.4 Å². The van der Waals surface area contributed by atoms with Crippen molar-refractivity contribution in [2.75, 3.05) is 24.2 Å². The first-order valence-corrected chi connectivity index (χ1v) is 9.55. The maximum absolute atomic E-state index is 4.22. The number of anilines is 2. The summed E-state index contributed by atoms with van der Waals surface area (Å²) < 4.78 is 0. The van der Waals surface area contributed by atoms with E-state index < -0.39 is 0 Å². The van der Waals surface area contributed by atoms with Crippen molar-refractivity contribution in [3.8, 4) is 0 Å². The molecule has 0 amide bonds. The molecule has 0 unspecified atom stereocenters. The molecule has 1 aromatic rings. The van der Waals surface area contributed by atoms with Crippen molar-refractivity contribution in [1.82, 2.24) is 15.2 Å². The first kappa shape index (κ1) is 21.7. The van der Waals surface area contributed by atoms with Gasteiger partial charge in [0, 0.05) is 13.6 Å². The predicted octanol–water partition coefficient (Wildman–Crippen LogP) is 5.45. The van der Waals surface area contributed by atoms with Gasteiger partial charge in [0.15, 0.2) is 0 Å². The Morgan fingerprint density at radius 1 is 1.04 bits per heavy atom. The Kier molecular flexibility index (Phi) is 14.8. The van der Waals surface area contributed by atoms with Crippen molar-refractivity contribution in [2.24, 2.45) is 5.92 Å². The van der Waals surface area contributed by atoms with Gasteiger partial charge in [0.2, 0.25) is 11.9 Å². The van der Waals surface area contributed by atoms with E-state index in [2.05, 4.69) is 53.5 Å². The summed E-state index contributed by atoms with van der Waals surface area (Å²) in [6, 6.07) is 0. The number of hydrogen-bond acceptors (Lipinski definition) is 4. The first-order valence-electron chi connectivity index (χ1n) is 9.55. The molecule has 136 valence electrons. The Bertz CT molecular complexity index is 343. The van der Waals surface area contributed by atoms with Gasteiger partial charge >= 0.3 is 0 Å². The zero-order chi connectivity index (χ0) is 17.3. The molecule has 0 atom stereocenters. The van der Waals surface area contributed by atoms with E-state index in [1.54, 1.807) is 0 Å². The van der Waals surface area contributed by atoms with Crippen molar-refractivity contribution in [3.05, 3.63) is 0 Å². The van der Waals surface area contributed by atoms with E-state index in [1.165, 1.54) is 57.8 Å². The zero-order valence-corrected chi connectivity index (χ0v) is 16.0. The average Bonchev–Trinajstić information content (AvgIpc) is 3.04. The molecule has 1 fully saturated rings. The molecule has 23 heavy (non-hydrogen) atoms. The van der Waals surface area contributed by atoms with Gasteiger partial charge in [0.05, 0.1) is 0 Å². The van der Waals surface area contributed by atoms with Crippen LogP contribution < -0.4 is 10.6 Å². The molecule has 0 saturated heterocycles. The van der Waals surface area contributed by atoms with Crippen molar-refractivity contribution in [3.63, 3.8) is 0 Å². The highest BCUT2D eigenvalue weighted by Gasteiger charge is 2.13. The summed E-state index contributed by atoms with van der Waals surface area (Å²) in [5.74, 6) is 2.22. The fourth-order valence-corrected chi connectivity index (χ4v) is 2.44. The van der Waals surface area contributed by atoms with Gasteiger partial charge in [-0.2, -0.15) is 4.98 Å². The largest absolute Gasteiger partial charge is 0.356 e. The van der Waals surface area contributed by atoms with E-state index in [1.807, 2.05) is 7.05 Å². The molecule has 3 N–H and O–H groups in total. The standard InChI is InChI=1S/C10H19N5.C5H12.C3H8/c1-11-9-13-10(15-14-9)12-7-8-5-3-2-4-6-8;1-3-5-4-2;1-3-2/h8H,2-7H2,1H3,(H3,11,12,13,14,15);3-5H2,1-2H3;3H2,1-2H3. The van der Waals surface area contributed by atoms with E-state index >= 15 is 0 Å². The van der Waals surface area contributed by atoms with Gasteiger partial charge in [0.25, 0.3) is 0 Å². The molecule has 1 aliphatic carbocycles. The van der Waals surface area contributed by atoms with Crippen molar-refractivity contribution < 1.29 is 0 Å². The molecule has 2 rings (SSSR count). The molecule has 1 heterocycles. The summed E-state index contributed by atoms with van der Waals surface area (Å²) in [4.78, 5) is 4.22. The number of hydrogen-bond donors (Lipinski definition) is 3. The summed E-state index contributed by atoms with van der Waals surface area (Å²) >= 11 is 0. The van der Waals surface area contributed by atoms with Crippen LogP contribution in [0.3, 0.4) is 0 Å². The monoisotopic (exact) mass is 325 g/mol. The molecule has 0 bridgehead atoms. The van der Waals surface area contributed by atoms with Gasteiger partial charge in [-0.15, -0.1) is 5.10 Å². The molecule has 5 heteroatoms. The lowest BCUT2D eigenvalue weighted by molar-refractivity contribution is 0.373. The Morgan fingerprint density at radius 2 is 1.65 bits per heavy atom. The minimum Gasteiger partial charge on any atom is -0.356 e. The Balaban J connectivity index is 0.000000511. The zero-order valence-electron chi connectivity index (χ0n) is 16.0. The van der Waals surface area contributed by atoms with Crippen LogP contribution in [0.1, 0.15) is 85.5 Å². The summed E-state index contributed by atoms with van der Waals surface area (Å²) in [6.45, 7) is 9.69. The summed E-state index contributed by atoms with van der Waals surface area (Å²) in [5.41, 5.74) is 0. The van der Waals surface area contributed by atoms with Crippen LogP contribution in [-0.2, 0) is 0 Å². The molecule has 0 aliphatic heterocycles. The van der Waals surface area contributed by atoms with E-state index in [9.17, 15) is 0 Å². The normalized spacial score (nSPS) is 14.1. The number of nitrogens with zero attached hydrogens (tertiary/aromatic N) is 2. The van der Waals surface area contributed by atoms with E-state index in [-0.39, 0.29) is 0 Å². The van der Waals surface area contributed by atoms with Crippen LogP contribution in [0.4, 0.5) is 11.9 Å². The van der Waals surface area contributed by atoms with Crippen LogP contribution in [0.25, 0.3) is 0 Å². The number of aromatic nitrogens is 3. The highest BCUT2D eigenvalue weighted by atomic mass is 15.3. The molecule has 1 aromatic heterocycles. The summed E-state index contributed by atoms with van der Waals surface area (Å²) in [7, 11) is 1.81. The Hall–Kier alpha value is -1.26. The SMILES string of the molecule is CCC.CCCCC.CNc1n[nH]c(NCC2CCCCC2)n1. The lowest BCUT2D eigenvalue weighted by atomic mass is 9.89. The third-order valence-corrected chi connectivity index (χ3v) is 3.70. The molecular weight excluding hydrogens is 286 g/mol. The first-order chi connectivity index (χ1) is 11.2. The third-order valence-electron chi connectivity index (χ3n) is 3.70. The molecule has 0 spiro atoms.